The Morgan fingerprint density at radius 3 is 2.91 bits per heavy atom. The van der Waals surface area contributed by atoms with Crippen LogP contribution in [-0.4, -0.2) is 19.4 Å². The molecule has 0 atom stereocenters. The summed E-state index contributed by atoms with van der Waals surface area (Å²) in [7, 11) is 0. The van der Waals surface area contributed by atoms with E-state index in [2.05, 4.69) is 27.1 Å². The lowest BCUT2D eigenvalue weighted by atomic mass is 10.2. The molecule has 2 aromatic carbocycles. The van der Waals surface area contributed by atoms with Gasteiger partial charge in [0.1, 0.15) is 0 Å². The number of hydrogen-bond acceptors (Lipinski definition) is 4. The Bertz CT molecular complexity index is 1280. The minimum absolute atomic E-state index is 0.178. The van der Waals surface area contributed by atoms with E-state index in [1.165, 1.54) is 0 Å². The highest BCUT2D eigenvalue weighted by Gasteiger charge is 2.13. The van der Waals surface area contributed by atoms with Crippen LogP contribution in [0.4, 0.5) is 0 Å². The molecule has 0 aliphatic carbocycles. The Morgan fingerprint density at radius 1 is 1.22 bits per heavy atom. The second kappa shape index (κ2) is 4.50. The first-order valence-corrected chi connectivity index (χ1v) is 8.00. The van der Waals surface area contributed by atoms with Crippen molar-refractivity contribution in [2.45, 2.75) is 0 Å². The van der Waals surface area contributed by atoms with E-state index in [4.69, 9.17) is 0 Å². The number of thiazole rings is 1. The number of nitrogens with zero attached hydrogens (tertiary/aromatic N) is 3. The molecule has 110 valence electrons. The number of hydrogen-bond donors (Lipinski definition) is 1. The standard InChI is InChI=1S/C17H10N4OS/c22-17-16-19-5-6-21(16)15-13(7-10-8-18-9-23-10)11-3-1-2-4-12(11)14(15)20-17/h1-9H,(H,20,22). The fourth-order valence-electron chi connectivity index (χ4n) is 3.11. The molecule has 0 fully saturated rings. The smallest absolute Gasteiger partial charge is 0.292 e. The first-order chi connectivity index (χ1) is 11.3. The lowest BCUT2D eigenvalue weighted by molar-refractivity contribution is 1.17. The summed E-state index contributed by atoms with van der Waals surface area (Å²) in [5, 5.41) is 3.21. The summed E-state index contributed by atoms with van der Waals surface area (Å²) in [6.45, 7) is 0. The monoisotopic (exact) mass is 318 g/mol. The molecule has 0 amide bonds. The molecule has 0 spiro atoms. The summed E-state index contributed by atoms with van der Waals surface area (Å²) >= 11 is 1.59. The van der Waals surface area contributed by atoms with Crippen LogP contribution >= 0.6 is 11.3 Å². The summed E-state index contributed by atoms with van der Waals surface area (Å²) in [5.74, 6) is 0. The minimum atomic E-state index is -0.178. The van der Waals surface area contributed by atoms with Crippen molar-refractivity contribution in [3.8, 4) is 0 Å². The second-order valence-corrected chi connectivity index (χ2v) is 6.22. The molecule has 0 aliphatic rings. The van der Waals surface area contributed by atoms with Gasteiger partial charge in [-0.1, -0.05) is 24.3 Å². The van der Waals surface area contributed by atoms with Crippen LogP contribution in [0.15, 0.2) is 53.2 Å². The van der Waals surface area contributed by atoms with E-state index in [0.717, 1.165) is 31.9 Å². The van der Waals surface area contributed by atoms with Crippen molar-refractivity contribution < 1.29 is 0 Å². The highest BCUT2D eigenvalue weighted by molar-refractivity contribution is 7.10. The molecule has 1 N–H and O–H groups in total. The van der Waals surface area contributed by atoms with E-state index in [-0.39, 0.29) is 5.56 Å². The minimum Gasteiger partial charge on any atom is -0.317 e. The molecule has 6 heteroatoms. The van der Waals surface area contributed by atoms with Crippen LogP contribution in [0, 0.1) is 0 Å². The van der Waals surface area contributed by atoms with Gasteiger partial charge >= 0.3 is 0 Å². The molecule has 3 heterocycles. The lowest BCUT2D eigenvalue weighted by Crippen LogP contribution is -2.13. The fraction of sp³-hybridized carbons (Fsp3) is 0. The number of fused-ring (bicyclic) bond motifs is 5. The second-order valence-electron chi connectivity index (χ2n) is 5.31. The lowest BCUT2D eigenvalue weighted by Gasteiger charge is -1.97. The van der Waals surface area contributed by atoms with E-state index in [1.54, 1.807) is 17.5 Å². The molecule has 23 heavy (non-hydrogen) atoms. The number of rotatable bonds is 1. The number of benzene rings is 1. The molecular formula is C17H10N4OS. The summed E-state index contributed by atoms with van der Waals surface area (Å²) in [6, 6.07) is 8.09. The van der Waals surface area contributed by atoms with Crippen molar-refractivity contribution in [1.29, 1.82) is 0 Å². The number of nitrogens with one attached hydrogen (secondary N) is 1. The third-order valence-corrected chi connectivity index (χ3v) is 4.76. The van der Waals surface area contributed by atoms with Gasteiger partial charge in [0.25, 0.3) is 5.56 Å². The van der Waals surface area contributed by atoms with Crippen LogP contribution < -0.4 is 10.8 Å². The Labute approximate surface area is 133 Å². The first kappa shape index (κ1) is 12.5. The summed E-state index contributed by atoms with van der Waals surface area (Å²) in [5.41, 5.74) is 3.85. The van der Waals surface area contributed by atoms with E-state index >= 15 is 0 Å². The van der Waals surface area contributed by atoms with Gasteiger partial charge in [-0.25, -0.2) is 4.98 Å². The van der Waals surface area contributed by atoms with Gasteiger partial charge in [-0.2, -0.15) is 0 Å². The summed E-state index contributed by atoms with van der Waals surface area (Å²) in [4.78, 5) is 24.6. The molecule has 0 saturated carbocycles. The summed E-state index contributed by atoms with van der Waals surface area (Å²) < 4.78 is 1.86. The molecule has 0 saturated heterocycles. The molecule has 0 aliphatic heterocycles. The third-order valence-electron chi connectivity index (χ3n) is 4.04. The van der Waals surface area contributed by atoms with Crippen LogP contribution in [0.5, 0.6) is 0 Å². The van der Waals surface area contributed by atoms with Crippen molar-refractivity contribution >= 4 is 44.9 Å². The normalized spacial score (nSPS) is 12.8. The van der Waals surface area contributed by atoms with Crippen molar-refractivity contribution in [3.63, 3.8) is 0 Å². The van der Waals surface area contributed by atoms with Crippen LogP contribution in [0.25, 0.3) is 33.5 Å². The van der Waals surface area contributed by atoms with Gasteiger partial charge in [-0.3, -0.25) is 14.2 Å². The maximum absolute atomic E-state index is 12.3. The van der Waals surface area contributed by atoms with Gasteiger partial charge in [0.2, 0.25) is 5.65 Å². The predicted octanol–water partition coefficient (Wildman–Crippen LogP) is 2.33. The van der Waals surface area contributed by atoms with Crippen molar-refractivity contribution in [3.05, 3.63) is 68.8 Å². The molecule has 3 aromatic heterocycles. The summed E-state index contributed by atoms with van der Waals surface area (Å²) in [6.07, 6.45) is 7.43. The SMILES string of the molecule is O=c1[nH]c2c3ccccc3c(=Cc3cncs3)c2n2ccnc12. The van der Waals surface area contributed by atoms with Gasteiger partial charge < -0.3 is 4.98 Å². The number of aromatic amines is 1. The Morgan fingerprint density at radius 2 is 2.09 bits per heavy atom. The Kier molecular flexibility index (Phi) is 2.46. The zero-order valence-corrected chi connectivity index (χ0v) is 12.7. The Balaban J connectivity index is 2.14. The fourth-order valence-corrected chi connectivity index (χ4v) is 3.66. The van der Waals surface area contributed by atoms with E-state index in [0.29, 0.717) is 5.65 Å². The van der Waals surface area contributed by atoms with E-state index in [1.807, 2.05) is 40.5 Å². The predicted molar refractivity (Wildman–Crippen MR) is 91.7 cm³/mol. The van der Waals surface area contributed by atoms with Crippen LogP contribution in [-0.2, 0) is 0 Å². The molecule has 0 radical (unpaired) electrons. The van der Waals surface area contributed by atoms with Crippen LogP contribution in [0.2, 0.25) is 0 Å². The highest BCUT2D eigenvalue weighted by atomic mass is 32.1. The van der Waals surface area contributed by atoms with E-state index < -0.39 is 0 Å². The molecule has 0 bridgehead atoms. The van der Waals surface area contributed by atoms with Crippen molar-refractivity contribution in [2.75, 3.05) is 0 Å². The Hall–Kier alpha value is -2.99. The third kappa shape index (κ3) is 1.69. The topological polar surface area (TPSA) is 63.0 Å². The van der Waals surface area contributed by atoms with Gasteiger partial charge in [0.05, 0.1) is 16.5 Å². The maximum Gasteiger partial charge on any atom is 0.292 e. The zero-order chi connectivity index (χ0) is 15.4. The number of aromatic nitrogens is 4. The highest BCUT2D eigenvalue weighted by Crippen LogP contribution is 2.22. The average molecular weight is 318 g/mol. The van der Waals surface area contributed by atoms with Crippen molar-refractivity contribution in [2.24, 2.45) is 0 Å². The number of imidazole rings is 1. The van der Waals surface area contributed by atoms with Gasteiger partial charge in [0.15, 0.2) is 0 Å². The van der Waals surface area contributed by atoms with Gasteiger partial charge in [0, 0.05) is 34.1 Å². The molecular weight excluding hydrogens is 308 g/mol. The molecule has 5 nitrogen and oxygen atoms in total. The quantitative estimate of drug-likeness (QED) is 0.516. The van der Waals surface area contributed by atoms with E-state index in [9.17, 15) is 4.79 Å². The average Bonchev–Trinajstić information content (AvgIpc) is 3.28. The molecule has 0 unspecified atom stereocenters. The van der Waals surface area contributed by atoms with Gasteiger partial charge in [-0.05, 0) is 11.5 Å². The number of H-pyrrole nitrogens is 1. The first-order valence-electron chi connectivity index (χ1n) is 7.12. The van der Waals surface area contributed by atoms with Crippen LogP contribution in [0.1, 0.15) is 4.88 Å². The van der Waals surface area contributed by atoms with Gasteiger partial charge in [-0.15, -0.1) is 11.3 Å². The largest absolute Gasteiger partial charge is 0.317 e. The molecule has 5 rings (SSSR count). The maximum atomic E-state index is 12.3. The molecule has 5 aromatic rings. The zero-order valence-electron chi connectivity index (χ0n) is 11.9. The van der Waals surface area contributed by atoms with Crippen molar-refractivity contribution in [1.82, 2.24) is 19.4 Å². The van der Waals surface area contributed by atoms with Crippen LogP contribution in [0.3, 0.4) is 0 Å².